The molecule has 0 aromatic heterocycles. The quantitative estimate of drug-likeness (QED) is 0.575. The maximum absolute atomic E-state index is 7.77. The summed E-state index contributed by atoms with van der Waals surface area (Å²) in [6.07, 6.45) is 0. The molecule has 4 heavy (non-hydrogen) atoms. The Kier molecular flexibility index (Phi) is 3.47. The van der Waals surface area contributed by atoms with Crippen molar-refractivity contribution in [3.63, 3.8) is 0 Å². The van der Waals surface area contributed by atoms with Crippen molar-refractivity contribution in [2.45, 2.75) is 0 Å². The van der Waals surface area contributed by atoms with Gasteiger partial charge in [-0.05, 0) is 0 Å². The molecule has 4 heteroatoms. The van der Waals surface area contributed by atoms with Crippen LogP contribution in [-0.4, -0.2) is 21.7 Å². The zero-order chi connectivity index (χ0) is 3.58. The molecule has 0 saturated carbocycles. The molecule has 0 heterocycles. The van der Waals surface area contributed by atoms with Gasteiger partial charge in [0.2, 0.25) is 0 Å². The molecule has 0 atom stereocenters. The van der Waals surface area contributed by atoms with Crippen LogP contribution in [0.1, 0.15) is 0 Å². The fraction of sp³-hybridized carbons (Fsp3) is 0. The molecule has 0 aromatic rings. The Balaban J connectivity index is 2.32. The van der Waals surface area contributed by atoms with Gasteiger partial charge in [0.15, 0.2) is 0 Å². The van der Waals surface area contributed by atoms with E-state index in [4.69, 9.17) is 21.0 Å². The molecular weight excluding hydrogens is 209 g/mol. The molecule has 0 aliphatic rings. The molecule has 0 bridgehead atoms. The molecule has 0 rings (SSSR count). The summed E-state index contributed by atoms with van der Waals surface area (Å²) >= 11 is -2.51. The summed E-state index contributed by atoms with van der Waals surface area (Å²) < 4.78 is 7.77. The van der Waals surface area contributed by atoms with Gasteiger partial charge in [0.25, 0.3) is 0 Å². The first-order valence-corrected chi connectivity index (χ1v) is 8.15. The van der Waals surface area contributed by atoms with Crippen LogP contribution in [0.15, 0.2) is 0 Å². The van der Waals surface area contributed by atoms with E-state index in [1.165, 1.54) is 0 Å². The molecule has 0 radical (unpaired) electrons. The molecule has 1 nitrogen and oxygen atoms in total. The summed E-state index contributed by atoms with van der Waals surface area (Å²) in [5.41, 5.74) is 0. The SMILES string of the molecule is [OH][Sb]([Cl])[Cl]. The normalized spacial score (nSPS) is 9.00. The molecule has 0 fully saturated rings. The molecule has 0 spiro atoms. The third kappa shape index (κ3) is 10.1. The Labute approximate surface area is 39.4 Å². The van der Waals surface area contributed by atoms with E-state index in [9.17, 15) is 0 Å². The molecule has 0 aliphatic carbocycles. The van der Waals surface area contributed by atoms with Gasteiger partial charge in [0.05, 0.1) is 0 Å². The van der Waals surface area contributed by atoms with E-state index in [-0.39, 0.29) is 0 Å². The zero-order valence-corrected chi connectivity index (χ0v) is 5.72. The van der Waals surface area contributed by atoms with Crippen molar-refractivity contribution in [2.24, 2.45) is 0 Å². The van der Waals surface area contributed by atoms with Crippen LogP contribution in [-0.2, 0) is 0 Å². The Bertz CT molecular complexity index is 10.8. The van der Waals surface area contributed by atoms with Gasteiger partial charge >= 0.3 is 39.4 Å². The Morgan fingerprint density at radius 1 is 1.50 bits per heavy atom. The molecule has 0 aliphatic heterocycles. The summed E-state index contributed by atoms with van der Waals surface area (Å²) in [5.74, 6) is 0. The average molecular weight is 210 g/mol. The second-order valence-corrected chi connectivity index (χ2v) is 6.90. The summed E-state index contributed by atoms with van der Waals surface area (Å²) in [6, 6.07) is 0. The molecule has 0 aromatic carbocycles. The van der Waals surface area contributed by atoms with E-state index in [1.807, 2.05) is 0 Å². The van der Waals surface area contributed by atoms with Crippen molar-refractivity contribution in [3.8, 4) is 0 Å². The van der Waals surface area contributed by atoms with Gasteiger partial charge in [-0.3, -0.25) is 0 Å². The number of rotatable bonds is 0. The van der Waals surface area contributed by atoms with Gasteiger partial charge in [0, 0.05) is 0 Å². The molecular formula is HCl2OSb. The molecule has 26 valence electrons. The van der Waals surface area contributed by atoms with Crippen LogP contribution < -0.4 is 0 Å². The second-order valence-electron chi connectivity index (χ2n) is 0.215. The second kappa shape index (κ2) is 2.59. The molecule has 1 N–H and O–H groups in total. The number of hydrogen-bond acceptors (Lipinski definition) is 1. The van der Waals surface area contributed by atoms with Crippen LogP contribution in [0.25, 0.3) is 0 Å². The number of halogens is 2. The fourth-order valence-corrected chi connectivity index (χ4v) is 0. The molecule has 0 unspecified atom stereocenters. The van der Waals surface area contributed by atoms with Crippen molar-refractivity contribution in [1.29, 1.82) is 0 Å². The van der Waals surface area contributed by atoms with Crippen LogP contribution in [0.3, 0.4) is 0 Å². The van der Waals surface area contributed by atoms with E-state index < -0.39 is 18.3 Å². The van der Waals surface area contributed by atoms with Gasteiger partial charge in [-0.2, -0.15) is 0 Å². The van der Waals surface area contributed by atoms with Gasteiger partial charge in [0.1, 0.15) is 0 Å². The number of hydrogen-bond donors (Lipinski definition) is 1. The minimum atomic E-state index is -2.51. The van der Waals surface area contributed by atoms with Gasteiger partial charge < -0.3 is 0 Å². The van der Waals surface area contributed by atoms with E-state index in [0.717, 1.165) is 0 Å². The van der Waals surface area contributed by atoms with Gasteiger partial charge in [-0.1, -0.05) is 0 Å². The molecule has 0 saturated heterocycles. The van der Waals surface area contributed by atoms with Crippen molar-refractivity contribution in [2.75, 3.05) is 0 Å². The molecule has 0 amide bonds. The summed E-state index contributed by atoms with van der Waals surface area (Å²) in [7, 11) is 9.56. The minimum absolute atomic E-state index is 2.51. The van der Waals surface area contributed by atoms with Crippen LogP contribution in [0.4, 0.5) is 0 Å². The van der Waals surface area contributed by atoms with Crippen LogP contribution in [0.5, 0.6) is 0 Å². The Morgan fingerprint density at radius 3 is 1.50 bits per heavy atom. The third-order valence-corrected chi connectivity index (χ3v) is 0. The Morgan fingerprint density at radius 2 is 1.50 bits per heavy atom. The van der Waals surface area contributed by atoms with E-state index >= 15 is 0 Å². The van der Waals surface area contributed by atoms with E-state index in [2.05, 4.69) is 0 Å². The summed E-state index contributed by atoms with van der Waals surface area (Å²) in [5, 5.41) is 0. The standard InChI is InChI=1S/2ClH.H2O.Sb/h2*1H;1H2;/q;;;+3/p-3. The third-order valence-electron chi connectivity index (χ3n) is 0. The first kappa shape index (κ1) is 5.36. The monoisotopic (exact) mass is 208 g/mol. The van der Waals surface area contributed by atoms with Crippen LogP contribution >= 0.6 is 17.7 Å². The predicted octanol–water partition coefficient (Wildman–Crippen LogP) is 0.441. The van der Waals surface area contributed by atoms with Crippen LogP contribution in [0, 0.1) is 0 Å². The van der Waals surface area contributed by atoms with Crippen molar-refractivity contribution in [3.05, 3.63) is 0 Å². The Hall–Kier alpha value is 1.36. The average Bonchev–Trinajstić information content (AvgIpc) is 0.811. The zero-order valence-electron chi connectivity index (χ0n) is 1.65. The van der Waals surface area contributed by atoms with Gasteiger partial charge in [-0.15, -0.1) is 0 Å². The van der Waals surface area contributed by atoms with Crippen molar-refractivity contribution < 1.29 is 3.39 Å². The van der Waals surface area contributed by atoms with Crippen molar-refractivity contribution >= 4 is 36.0 Å². The first-order chi connectivity index (χ1) is 1.73. The van der Waals surface area contributed by atoms with Crippen molar-refractivity contribution in [1.82, 2.24) is 0 Å². The summed E-state index contributed by atoms with van der Waals surface area (Å²) in [4.78, 5) is 0. The van der Waals surface area contributed by atoms with Gasteiger partial charge in [-0.25, -0.2) is 0 Å². The van der Waals surface area contributed by atoms with E-state index in [1.54, 1.807) is 0 Å². The maximum atomic E-state index is 7.77. The van der Waals surface area contributed by atoms with Crippen LogP contribution in [0.2, 0.25) is 0 Å². The predicted molar refractivity (Wildman–Crippen MR) is 19.7 cm³/mol. The van der Waals surface area contributed by atoms with E-state index in [0.29, 0.717) is 0 Å². The fourth-order valence-electron chi connectivity index (χ4n) is 0. The topological polar surface area (TPSA) is 20.2 Å². The summed E-state index contributed by atoms with van der Waals surface area (Å²) in [6.45, 7) is 0. The first-order valence-electron chi connectivity index (χ1n) is 0.538.